The van der Waals surface area contributed by atoms with Gasteiger partial charge in [-0.25, -0.2) is 0 Å². The van der Waals surface area contributed by atoms with Gasteiger partial charge in [-0.05, 0) is 43.0 Å². The molecule has 8 heteroatoms. The van der Waals surface area contributed by atoms with Gasteiger partial charge in [-0.3, -0.25) is 9.59 Å². The average molecular weight is 478 g/mol. The number of carbonyl (C=O) groups excluding carboxylic acids is 2. The van der Waals surface area contributed by atoms with E-state index in [0.29, 0.717) is 23.1 Å². The molecule has 7 nitrogen and oxygen atoms in total. The molecule has 3 aromatic rings. The number of para-hydroxylation sites is 1. The van der Waals surface area contributed by atoms with E-state index in [2.05, 4.69) is 27.4 Å². The molecule has 178 valence electrons. The van der Waals surface area contributed by atoms with Crippen LogP contribution in [-0.4, -0.2) is 32.3 Å². The Hall–Kier alpha value is -3.39. The first kappa shape index (κ1) is 25.2. The molecule has 1 atom stereocenters. The fourth-order valence-electron chi connectivity index (χ4n) is 3.60. The maximum atomic E-state index is 12.8. The van der Waals surface area contributed by atoms with Gasteiger partial charge in [-0.1, -0.05) is 68.1 Å². The first-order valence-electron chi connectivity index (χ1n) is 11.2. The van der Waals surface area contributed by atoms with Gasteiger partial charge in [0.25, 0.3) is 5.91 Å². The van der Waals surface area contributed by atoms with Crippen LogP contribution in [0.15, 0.2) is 66.3 Å². The second-order valence-electron chi connectivity index (χ2n) is 8.40. The molecule has 1 aromatic heterocycles. The van der Waals surface area contributed by atoms with Crippen LogP contribution in [0.4, 0.5) is 5.69 Å². The smallest absolute Gasteiger partial charge is 0.251 e. The van der Waals surface area contributed by atoms with E-state index in [1.54, 1.807) is 18.2 Å². The van der Waals surface area contributed by atoms with Gasteiger partial charge in [0, 0.05) is 17.8 Å². The largest absolute Gasteiger partial charge is 0.342 e. The summed E-state index contributed by atoms with van der Waals surface area (Å²) < 4.78 is 1.90. The third-order valence-electron chi connectivity index (χ3n) is 5.40. The van der Waals surface area contributed by atoms with Gasteiger partial charge in [-0.2, -0.15) is 0 Å². The highest BCUT2D eigenvalue weighted by Gasteiger charge is 2.26. The first-order chi connectivity index (χ1) is 16.3. The van der Waals surface area contributed by atoms with Crippen LogP contribution < -0.4 is 10.6 Å². The van der Waals surface area contributed by atoms with Crippen LogP contribution in [0.5, 0.6) is 0 Å². The molecule has 34 heavy (non-hydrogen) atoms. The van der Waals surface area contributed by atoms with E-state index in [4.69, 9.17) is 0 Å². The van der Waals surface area contributed by atoms with Gasteiger partial charge in [0.2, 0.25) is 5.91 Å². The molecule has 2 N–H and O–H groups in total. The summed E-state index contributed by atoms with van der Waals surface area (Å²) in [6, 6.07) is 14.6. The van der Waals surface area contributed by atoms with Gasteiger partial charge in [0.15, 0.2) is 11.0 Å². The average Bonchev–Trinajstić information content (AvgIpc) is 3.21. The second-order valence-corrected chi connectivity index (χ2v) is 9.35. The molecule has 0 aliphatic carbocycles. The quantitative estimate of drug-likeness (QED) is 0.319. The molecule has 0 saturated heterocycles. The number of hydrogen-bond acceptors (Lipinski definition) is 5. The maximum Gasteiger partial charge on any atom is 0.251 e. The van der Waals surface area contributed by atoms with Crippen LogP contribution >= 0.6 is 11.8 Å². The number of nitrogens with one attached hydrogen (secondary N) is 2. The molecule has 0 bridgehead atoms. The predicted molar refractivity (Wildman–Crippen MR) is 137 cm³/mol. The van der Waals surface area contributed by atoms with Gasteiger partial charge >= 0.3 is 0 Å². The zero-order valence-corrected chi connectivity index (χ0v) is 20.9. The zero-order chi connectivity index (χ0) is 24.7. The third-order valence-corrected chi connectivity index (χ3v) is 6.37. The fourth-order valence-corrected chi connectivity index (χ4v) is 4.35. The summed E-state index contributed by atoms with van der Waals surface area (Å²) in [7, 11) is 0. The standard InChI is InChI=1S/C26H31N5O2S/c1-6-15-31-24(22(17(2)3)28-25(33)20-13-8-7-9-14-20)29-30-26(31)34-16-21(32)27-23-18(4)11-10-12-19(23)5/h6-14,17,22H,1,15-16H2,2-5H3,(H,27,32)(H,28,33)/t22-/m1/s1. The van der Waals surface area contributed by atoms with Crippen molar-refractivity contribution in [1.29, 1.82) is 0 Å². The minimum Gasteiger partial charge on any atom is -0.342 e. The van der Waals surface area contributed by atoms with Crippen molar-refractivity contribution in [1.82, 2.24) is 20.1 Å². The number of allylic oxidation sites excluding steroid dienone is 1. The van der Waals surface area contributed by atoms with Gasteiger partial charge in [0.1, 0.15) is 0 Å². The van der Waals surface area contributed by atoms with Crippen molar-refractivity contribution in [2.75, 3.05) is 11.1 Å². The Kier molecular flexibility index (Phi) is 8.65. The summed E-state index contributed by atoms with van der Waals surface area (Å²) in [5.41, 5.74) is 3.46. The molecule has 0 saturated carbocycles. The van der Waals surface area contributed by atoms with E-state index in [1.165, 1.54) is 11.8 Å². The van der Waals surface area contributed by atoms with Crippen LogP contribution in [0.25, 0.3) is 0 Å². The predicted octanol–water partition coefficient (Wildman–Crippen LogP) is 4.94. The summed E-state index contributed by atoms with van der Waals surface area (Å²) in [5, 5.41) is 15.4. The fraction of sp³-hybridized carbons (Fsp3) is 0.308. The molecule has 0 aliphatic rings. The van der Waals surface area contributed by atoms with E-state index in [0.717, 1.165) is 16.8 Å². The Labute approximate surface area is 205 Å². The monoisotopic (exact) mass is 477 g/mol. The highest BCUT2D eigenvalue weighted by Crippen LogP contribution is 2.26. The maximum absolute atomic E-state index is 12.8. The van der Waals surface area contributed by atoms with Gasteiger partial charge in [0.05, 0.1) is 11.8 Å². The number of benzene rings is 2. The Balaban J connectivity index is 1.76. The molecule has 0 fully saturated rings. The minimum atomic E-state index is -0.349. The Bertz CT molecular complexity index is 1140. The highest BCUT2D eigenvalue weighted by molar-refractivity contribution is 7.99. The molecule has 0 spiro atoms. The molecule has 0 unspecified atom stereocenters. The van der Waals surface area contributed by atoms with Crippen LogP contribution in [-0.2, 0) is 11.3 Å². The number of nitrogens with zero attached hydrogens (tertiary/aromatic N) is 3. The number of carbonyl (C=O) groups is 2. The molecule has 3 rings (SSSR count). The summed E-state index contributed by atoms with van der Waals surface area (Å²) in [6.45, 7) is 12.3. The Morgan fingerprint density at radius 2 is 1.74 bits per heavy atom. The van der Waals surface area contributed by atoms with E-state index in [-0.39, 0.29) is 29.5 Å². The van der Waals surface area contributed by atoms with E-state index in [1.807, 2.05) is 68.7 Å². The zero-order valence-electron chi connectivity index (χ0n) is 20.0. The van der Waals surface area contributed by atoms with Crippen molar-refractivity contribution < 1.29 is 9.59 Å². The molecular weight excluding hydrogens is 446 g/mol. The van der Waals surface area contributed by atoms with Crippen molar-refractivity contribution in [2.24, 2.45) is 5.92 Å². The van der Waals surface area contributed by atoms with Crippen LogP contribution in [0.3, 0.4) is 0 Å². The van der Waals surface area contributed by atoms with Crippen molar-refractivity contribution in [3.05, 3.63) is 83.7 Å². The lowest BCUT2D eigenvalue weighted by atomic mass is 10.0. The van der Waals surface area contributed by atoms with Crippen LogP contribution in [0.2, 0.25) is 0 Å². The molecule has 0 radical (unpaired) electrons. The Morgan fingerprint density at radius 1 is 1.06 bits per heavy atom. The van der Waals surface area contributed by atoms with E-state index >= 15 is 0 Å². The van der Waals surface area contributed by atoms with Crippen molar-refractivity contribution in [2.45, 2.75) is 45.4 Å². The van der Waals surface area contributed by atoms with Crippen molar-refractivity contribution in [3.8, 4) is 0 Å². The molecule has 2 amide bonds. The number of rotatable bonds is 10. The number of amides is 2. The van der Waals surface area contributed by atoms with E-state index in [9.17, 15) is 9.59 Å². The lowest BCUT2D eigenvalue weighted by molar-refractivity contribution is -0.113. The third kappa shape index (κ3) is 6.14. The van der Waals surface area contributed by atoms with Crippen LogP contribution in [0.1, 0.15) is 47.2 Å². The van der Waals surface area contributed by atoms with Gasteiger partial charge < -0.3 is 15.2 Å². The van der Waals surface area contributed by atoms with Crippen molar-refractivity contribution >= 4 is 29.3 Å². The lowest BCUT2D eigenvalue weighted by Gasteiger charge is -2.22. The van der Waals surface area contributed by atoms with Crippen molar-refractivity contribution in [3.63, 3.8) is 0 Å². The summed E-state index contributed by atoms with van der Waals surface area (Å²) in [5.74, 6) is 0.609. The number of thioether (sulfide) groups is 1. The molecule has 2 aromatic carbocycles. The number of aromatic nitrogens is 3. The highest BCUT2D eigenvalue weighted by atomic mass is 32.2. The number of hydrogen-bond donors (Lipinski definition) is 2. The summed E-state index contributed by atoms with van der Waals surface area (Å²) in [6.07, 6.45) is 1.75. The summed E-state index contributed by atoms with van der Waals surface area (Å²) in [4.78, 5) is 25.4. The van der Waals surface area contributed by atoms with Gasteiger partial charge in [-0.15, -0.1) is 16.8 Å². The lowest BCUT2D eigenvalue weighted by Crippen LogP contribution is -2.33. The number of aryl methyl sites for hydroxylation is 2. The normalized spacial score (nSPS) is 11.8. The van der Waals surface area contributed by atoms with Crippen LogP contribution in [0, 0.1) is 19.8 Å². The first-order valence-corrected chi connectivity index (χ1v) is 12.2. The molecule has 1 heterocycles. The molecule has 0 aliphatic heterocycles. The minimum absolute atomic E-state index is 0.0746. The second kappa shape index (κ2) is 11.7. The number of anilines is 1. The Morgan fingerprint density at radius 3 is 2.35 bits per heavy atom. The van der Waals surface area contributed by atoms with E-state index < -0.39 is 0 Å². The molecular formula is C26H31N5O2S. The summed E-state index contributed by atoms with van der Waals surface area (Å²) >= 11 is 1.31. The SMILES string of the molecule is C=CCn1c(SCC(=O)Nc2c(C)cccc2C)nnc1[C@H](NC(=O)c1ccccc1)C(C)C. The topological polar surface area (TPSA) is 88.9 Å².